The molecule has 2 rings (SSSR count). The molecule has 3 nitrogen and oxygen atoms in total. The van der Waals surface area contributed by atoms with Gasteiger partial charge in [0, 0.05) is 12.1 Å². The molecule has 0 unspecified atom stereocenters. The van der Waals surface area contributed by atoms with E-state index in [1.165, 1.54) is 32.1 Å². The van der Waals surface area contributed by atoms with E-state index in [1.54, 1.807) is 0 Å². The molecule has 1 saturated carbocycles. The van der Waals surface area contributed by atoms with E-state index in [0.29, 0.717) is 12.4 Å². The van der Waals surface area contributed by atoms with Crippen LogP contribution in [0.1, 0.15) is 19.3 Å². The van der Waals surface area contributed by atoms with Gasteiger partial charge in [0.1, 0.15) is 5.75 Å². The van der Waals surface area contributed by atoms with Crippen LogP contribution in [-0.4, -0.2) is 13.7 Å². The van der Waals surface area contributed by atoms with Crippen molar-refractivity contribution in [1.29, 1.82) is 0 Å². The van der Waals surface area contributed by atoms with Crippen molar-refractivity contribution in [2.75, 3.05) is 19.5 Å². The summed E-state index contributed by atoms with van der Waals surface area (Å²) in [6, 6.07) is 2.73. The first kappa shape index (κ1) is 11.0. The second-order valence-electron chi connectivity index (χ2n) is 4.11. The summed E-state index contributed by atoms with van der Waals surface area (Å²) in [5.41, 5.74) is 5.85. The highest BCUT2D eigenvalue weighted by molar-refractivity contribution is 5.56. The number of nitrogens with two attached hydrogens (primary N) is 1. The van der Waals surface area contributed by atoms with Crippen LogP contribution in [-0.2, 0) is 0 Å². The second-order valence-corrected chi connectivity index (χ2v) is 4.11. The summed E-state index contributed by atoms with van der Waals surface area (Å²) in [5, 5.41) is 0. The molecule has 0 radical (unpaired) electrons. The third-order valence-electron chi connectivity index (χ3n) is 2.76. The fraction of sp³-hybridized carbons (Fsp3) is 0.500. The number of hydrogen-bond acceptors (Lipinski definition) is 3. The largest absolute Gasteiger partial charge is 0.494 e. The third kappa shape index (κ3) is 2.56. The van der Waals surface area contributed by atoms with Crippen molar-refractivity contribution in [3.63, 3.8) is 0 Å². The van der Waals surface area contributed by atoms with Gasteiger partial charge in [-0.1, -0.05) is 12.8 Å². The van der Waals surface area contributed by atoms with Crippen molar-refractivity contribution in [3.05, 3.63) is 17.9 Å². The Morgan fingerprint density at radius 2 is 2.12 bits per heavy atom. The Balaban J connectivity index is 2.00. The topological polar surface area (TPSA) is 44.5 Å². The lowest BCUT2D eigenvalue weighted by Gasteiger charge is -2.10. The average Bonchev–Trinajstić information content (AvgIpc) is 3.05. The van der Waals surface area contributed by atoms with Gasteiger partial charge in [-0.25, -0.2) is 4.39 Å². The first-order valence-electron chi connectivity index (χ1n) is 5.46. The van der Waals surface area contributed by atoms with E-state index in [-0.39, 0.29) is 11.4 Å². The van der Waals surface area contributed by atoms with Crippen molar-refractivity contribution in [1.82, 2.24) is 0 Å². The summed E-state index contributed by atoms with van der Waals surface area (Å²) >= 11 is 0. The van der Waals surface area contributed by atoms with Crippen molar-refractivity contribution in [2.45, 2.75) is 19.3 Å². The third-order valence-corrected chi connectivity index (χ3v) is 2.76. The minimum atomic E-state index is -0.436. The Morgan fingerprint density at radius 1 is 1.38 bits per heavy atom. The fourth-order valence-corrected chi connectivity index (χ4v) is 1.58. The predicted molar refractivity (Wildman–Crippen MR) is 60.2 cm³/mol. The van der Waals surface area contributed by atoms with E-state index in [9.17, 15) is 4.39 Å². The maximum atomic E-state index is 13.4. The Labute approximate surface area is 94.3 Å². The highest BCUT2D eigenvalue weighted by atomic mass is 19.1. The highest BCUT2D eigenvalue weighted by Gasteiger charge is 2.21. The summed E-state index contributed by atoms with van der Waals surface area (Å²) in [6.07, 6.45) is 3.54. The molecule has 1 aliphatic rings. The zero-order chi connectivity index (χ0) is 11.5. The maximum absolute atomic E-state index is 13.4. The SMILES string of the molecule is COc1cc(OCCC2CC2)c(F)cc1N. The lowest BCUT2D eigenvalue weighted by Crippen LogP contribution is -2.02. The number of hydrogen-bond donors (Lipinski definition) is 1. The number of rotatable bonds is 5. The van der Waals surface area contributed by atoms with Crippen LogP contribution in [0, 0.1) is 11.7 Å². The van der Waals surface area contributed by atoms with Crippen molar-refractivity contribution in [2.24, 2.45) is 5.92 Å². The van der Waals surface area contributed by atoms with Crippen LogP contribution in [0.2, 0.25) is 0 Å². The van der Waals surface area contributed by atoms with Gasteiger partial charge in [-0.2, -0.15) is 0 Å². The molecule has 1 aromatic rings. The Bertz CT molecular complexity index is 378. The summed E-state index contributed by atoms with van der Waals surface area (Å²) in [7, 11) is 1.50. The number of ether oxygens (including phenoxy) is 2. The molecule has 2 N–H and O–H groups in total. The number of nitrogen functional groups attached to an aromatic ring is 1. The summed E-state index contributed by atoms with van der Waals surface area (Å²) < 4.78 is 23.8. The van der Waals surface area contributed by atoms with Gasteiger partial charge >= 0.3 is 0 Å². The highest BCUT2D eigenvalue weighted by Crippen LogP contribution is 2.33. The summed E-state index contributed by atoms with van der Waals surface area (Å²) in [4.78, 5) is 0. The molecule has 0 aliphatic heterocycles. The van der Waals surface area contributed by atoms with E-state index in [2.05, 4.69) is 0 Å². The van der Waals surface area contributed by atoms with Gasteiger partial charge in [-0.05, 0) is 12.3 Å². The van der Waals surface area contributed by atoms with Gasteiger partial charge in [-0.15, -0.1) is 0 Å². The smallest absolute Gasteiger partial charge is 0.167 e. The molecule has 4 heteroatoms. The first-order chi connectivity index (χ1) is 7.70. The van der Waals surface area contributed by atoms with Gasteiger partial charge in [-0.3, -0.25) is 0 Å². The van der Waals surface area contributed by atoms with Crippen molar-refractivity contribution >= 4 is 5.69 Å². The minimum absolute atomic E-state index is 0.215. The molecular weight excluding hydrogens is 209 g/mol. The molecule has 0 bridgehead atoms. The molecule has 0 spiro atoms. The molecule has 1 aliphatic carbocycles. The van der Waals surface area contributed by atoms with Gasteiger partial charge in [0.15, 0.2) is 11.6 Å². The summed E-state index contributed by atoms with van der Waals surface area (Å²) in [5.74, 6) is 1.00. The molecule has 0 heterocycles. The van der Waals surface area contributed by atoms with Crippen molar-refractivity contribution < 1.29 is 13.9 Å². The molecule has 16 heavy (non-hydrogen) atoms. The quantitative estimate of drug-likeness (QED) is 0.783. The average molecular weight is 225 g/mol. The van der Waals surface area contributed by atoms with E-state index in [1.807, 2.05) is 0 Å². The zero-order valence-electron chi connectivity index (χ0n) is 9.33. The lowest BCUT2D eigenvalue weighted by atomic mass is 10.2. The fourth-order valence-electron chi connectivity index (χ4n) is 1.58. The Morgan fingerprint density at radius 3 is 2.75 bits per heavy atom. The monoisotopic (exact) mass is 225 g/mol. The van der Waals surface area contributed by atoms with Crippen LogP contribution >= 0.6 is 0 Å². The minimum Gasteiger partial charge on any atom is -0.494 e. The van der Waals surface area contributed by atoms with Gasteiger partial charge in [0.05, 0.1) is 19.4 Å². The Hall–Kier alpha value is -1.45. The molecule has 0 aromatic heterocycles. The molecule has 1 fully saturated rings. The zero-order valence-corrected chi connectivity index (χ0v) is 9.33. The van der Waals surface area contributed by atoms with Crippen LogP contribution in [0.15, 0.2) is 12.1 Å². The van der Waals surface area contributed by atoms with E-state index < -0.39 is 5.82 Å². The number of benzene rings is 1. The molecule has 88 valence electrons. The van der Waals surface area contributed by atoms with Crippen LogP contribution < -0.4 is 15.2 Å². The predicted octanol–water partition coefficient (Wildman–Crippen LogP) is 2.60. The standard InChI is InChI=1S/C12H16FNO2/c1-15-12-7-11(9(13)6-10(12)14)16-5-4-8-2-3-8/h6-8H,2-5,14H2,1H3. The first-order valence-corrected chi connectivity index (χ1v) is 5.46. The van der Waals surface area contributed by atoms with Gasteiger partial charge in [0.25, 0.3) is 0 Å². The van der Waals surface area contributed by atoms with E-state index >= 15 is 0 Å². The molecule has 1 aromatic carbocycles. The van der Waals surface area contributed by atoms with Crippen molar-refractivity contribution in [3.8, 4) is 11.5 Å². The van der Waals surface area contributed by atoms with Crippen LogP contribution in [0.4, 0.5) is 10.1 Å². The summed E-state index contributed by atoms with van der Waals surface area (Å²) in [6.45, 7) is 0.550. The van der Waals surface area contributed by atoms with Crippen LogP contribution in [0.25, 0.3) is 0 Å². The van der Waals surface area contributed by atoms with E-state index in [4.69, 9.17) is 15.2 Å². The number of anilines is 1. The van der Waals surface area contributed by atoms with Gasteiger partial charge in [0.2, 0.25) is 0 Å². The maximum Gasteiger partial charge on any atom is 0.167 e. The second kappa shape index (κ2) is 4.60. The van der Waals surface area contributed by atoms with E-state index in [0.717, 1.165) is 12.3 Å². The Kier molecular flexibility index (Phi) is 3.17. The van der Waals surface area contributed by atoms with Gasteiger partial charge < -0.3 is 15.2 Å². The number of methoxy groups -OCH3 is 1. The molecule has 0 atom stereocenters. The van der Waals surface area contributed by atoms with Crippen LogP contribution in [0.3, 0.4) is 0 Å². The van der Waals surface area contributed by atoms with Crippen LogP contribution in [0.5, 0.6) is 11.5 Å². The number of halogens is 1. The normalized spacial score (nSPS) is 14.9. The molecule has 0 amide bonds. The molecule has 0 saturated heterocycles. The lowest BCUT2D eigenvalue weighted by molar-refractivity contribution is 0.286. The molecular formula is C12H16FNO2.